The van der Waals surface area contributed by atoms with E-state index in [-0.39, 0.29) is 5.56 Å². The molecule has 86 valence electrons. The highest BCUT2D eigenvalue weighted by molar-refractivity contribution is 5.77. The van der Waals surface area contributed by atoms with Crippen molar-refractivity contribution in [3.63, 3.8) is 0 Å². The highest BCUT2D eigenvalue weighted by atomic mass is 19.1. The molecule has 0 aliphatic rings. The van der Waals surface area contributed by atoms with E-state index in [0.29, 0.717) is 6.29 Å². The Morgan fingerprint density at radius 1 is 0.941 bits per heavy atom. The maximum absolute atomic E-state index is 13.5. The summed E-state index contributed by atoms with van der Waals surface area (Å²) in [6, 6.07) is 10.6. The molecule has 0 N–H and O–H groups in total. The first-order chi connectivity index (χ1) is 8.11. The van der Waals surface area contributed by atoms with Crippen molar-refractivity contribution in [2.45, 2.75) is 13.8 Å². The van der Waals surface area contributed by atoms with Crippen LogP contribution in [-0.4, -0.2) is 6.29 Å². The van der Waals surface area contributed by atoms with Crippen molar-refractivity contribution < 1.29 is 9.18 Å². The molecule has 2 heteroatoms. The van der Waals surface area contributed by atoms with E-state index in [1.807, 2.05) is 32.0 Å². The summed E-state index contributed by atoms with van der Waals surface area (Å²) >= 11 is 0. The van der Waals surface area contributed by atoms with Gasteiger partial charge in [-0.3, -0.25) is 4.79 Å². The Hall–Kier alpha value is -1.96. The number of rotatable bonds is 2. The van der Waals surface area contributed by atoms with Crippen molar-refractivity contribution in [2.24, 2.45) is 0 Å². The second-order valence-corrected chi connectivity index (χ2v) is 4.15. The third-order valence-corrected chi connectivity index (χ3v) is 2.97. The molecular formula is C15H13FO. The first kappa shape index (κ1) is 11.5. The van der Waals surface area contributed by atoms with Gasteiger partial charge in [-0.25, -0.2) is 4.39 Å². The zero-order valence-corrected chi connectivity index (χ0v) is 9.83. The van der Waals surface area contributed by atoms with Crippen molar-refractivity contribution in [3.05, 3.63) is 58.9 Å². The van der Waals surface area contributed by atoms with E-state index >= 15 is 0 Å². The number of hydrogen-bond donors (Lipinski definition) is 0. The highest BCUT2D eigenvalue weighted by Gasteiger charge is 2.05. The molecule has 0 spiro atoms. The monoisotopic (exact) mass is 228 g/mol. The molecule has 2 rings (SSSR count). The molecule has 0 bridgehead atoms. The Bertz CT molecular complexity index is 573. The predicted octanol–water partition coefficient (Wildman–Crippen LogP) is 3.92. The summed E-state index contributed by atoms with van der Waals surface area (Å²) < 4.78 is 13.5. The van der Waals surface area contributed by atoms with Gasteiger partial charge < -0.3 is 0 Å². The predicted molar refractivity (Wildman–Crippen MR) is 66.7 cm³/mol. The number of benzene rings is 2. The van der Waals surface area contributed by atoms with E-state index in [4.69, 9.17) is 0 Å². The summed E-state index contributed by atoms with van der Waals surface area (Å²) in [7, 11) is 0. The lowest BCUT2D eigenvalue weighted by atomic mass is 9.99. The van der Waals surface area contributed by atoms with Gasteiger partial charge in [0.1, 0.15) is 5.82 Å². The minimum atomic E-state index is -0.476. The summed E-state index contributed by atoms with van der Waals surface area (Å²) in [6.45, 7) is 4.06. The third kappa shape index (κ3) is 2.26. The average molecular weight is 228 g/mol. The molecule has 0 unspecified atom stereocenters. The summed E-state index contributed by atoms with van der Waals surface area (Å²) in [5.74, 6) is -0.476. The lowest BCUT2D eigenvalue weighted by Gasteiger charge is -2.06. The standard InChI is InChI=1S/C15H13FO/c1-10-3-4-12(7-11(10)2)13-5-6-14(9-17)15(16)8-13/h3-9H,1-2H3. The first-order valence-electron chi connectivity index (χ1n) is 5.44. The number of aryl methyl sites for hydroxylation is 2. The van der Waals surface area contributed by atoms with Gasteiger partial charge in [-0.1, -0.05) is 24.3 Å². The van der Waals surface area contributed by atoms with Gasteiger partial charge in [-0.05, 0) is 48.2 Å². The average Bonchev–Trinajstić information content (AvgIpc) is 2.32. The third-order valence-electron chi connectivity index (χ3n) is 2.97. The van der Waals surface area contributed by atoms with Crippen LogP contribution in [0.15, 0.2) is 36.4 Å². The quantitative estimate of drug-likeness (QED) is 0.712. The second kappa shape index (κ2) is 4.50. The smallest absolute Gasteiger partial charge is 0.152 e. The van der Waals surface area contributed by atoms with E-state index in [1.165, 1.54) is 23.3 Å². The Morgan fingerprint density at radius 3 is 2.18 bits per heavy atom. The molecule has 2 aromatic carbocycles. The van der Waals surface area contributed by atoms with Gasteiger partial charge in [0.15, 0.2) is 6.29 Å². The maximum Gasteiger partial charge on any atom is 0.152 e. The topological polar surface area (TPSA) is 17.1 Å². The van der Waals surface area contributed by atoms with Crippen LogP contribution in [0.1, 0.15) is 21.5 Å². The van der Waals surface area contributed by atoms with Crippen LogP contribution in [0.4, 0.5) is 4.39 Å². The number of carbonyl (C=O) groups is 1. The Balaban J connectivity index is 2.49. The van der Waals surface area contributed by atoms with Crippen LogP contribution < -0.4 is 0 Å². The molecule has 17 heavy (non-hydrogen) atoms. The van der Waals surface area contributed by atoms with Crippen molar-refractivity contribution in [2.75, 3.05) is 0 Å². The van der Waals surface area contributed by atoms with E-state index in [9.17, 15) is 9.18 Å². The maximum atomic E-state index is 13.5. The van der Waals surface area contributed by atoms with Crippen LogP contribution in [-0.2, 0) is 0 Å². The minimum absolute atomic E-state index is 0.0950. The fraction of sp³-hybridized carbons (Fsp3) is 0.133. The SMILES string of the molecule is Cc1ccc(-c2ccc(C=O)c(F)c2)cc1C. The second-order valence-electron chi connectivity index (χ2n) is 4.15. The Labute approximate surface area is 99.9 Å². The largest absolute Gasteiger partial charge is 0.298 e. The highest BCUT2D eigenvalue weighted by Crippen LogP contribution is 2.23. The molecule has 0 radical (unpaired) electrons. The Morgan fingerprint density at radius 2 is 1.59 bits per heavy atom. The van der Waals surface area contributed by atoms with E-state index in [2.05, 4.69) is 0 Å². The number of hydrogen-bond acceptors (Lipinski definition) is 1. The van der Waals surface area contributed by atoms with Crippen LogP contribution in [0.5, 0.6) is 0 Å². The van der Waals surface area contributed by atoms with E-state index < -0.39 is 5.82 Å². The molecule has 2 aromatic rings. The minimum Gasteiger partial charge on any atom is -0.298 e. The van der Waals surface area contributed by atoms with E-state index in [0.717, 1.165) is 11.1 Å². The molecule has 0 fully saturated rings. The molecule has 1 nitrogen and oxygen atoms in total. The molecule has 0 atom stereocenters. The molecule has 0 saturated heterocycles. The van der Waals surface area contributed by atoms with Gasteiger partial charge in [0, 0.05) is 0 Å². The lowest BCUT2D eigenvalue weighted by molar-refractivity contribution is 0.112. The van der Waals surface area contributed by atoms with Gasteiger partial charge >= 0.3 is 0 Å². The molecular weight excluding hydrogens is 215 g/mol. The van der Waals surface area contributed by atoms with Gasteiger partial charge in [-0.2, -0.15) is 0 Å². The van der Waals surface area contributed by atoms with Crippen molar-refractivity contribution in [1.29, 1.82) is 0 Å². The molecule has 0 heterocycles. The molecule has 0 amide bonds. The van der Waals surface area contributed by atoms with Crippen LogP contribution in [0.25, 0.3) is 11.1 Å². The molecule has 0 aromatic heterocycles. The van der Waals surface area contributed by atoms with Crippen molar-refractivity contribution >= 4 is 6.29 Å². The fourth-order valence-electron chi connectivity index (χ4n) is 1.72. The zero-order valence-electron chi connectivity index (χ0n) is 9.83. The summed E-state index contributed by atoms with van der Waals surface area (Å²) in [4.78, 5) is 10.5. The van der Waals surface area contributed by atoms with Gasteiger partial charge in [0.05, 0.1) is 5.56 Å². The van der Waals surface area contributed by atoms with Crippen molar-refractivity contribution in [3.8, 4) is 11.1 Å². The number of aldehydes is 1. The van der Waals surface area contributed by atoms with Gasteiger partial charge in [0.25, 0.3) is 0 Å². The zero-order chi connectivity index (χ0) is 12.4. The Kier molecular flexibility index (Phi) is 3.05. The van der Waals surface area contributed by atoms with Gasteiger partial charge in [0.2, 0.25) is 0 Å². The normalized spacial score (nSPS) is 10.3. The van der Waals surface area contributed by atoms with E-state index in [1.54, 1.807) is 6.07 Å². The summed E-state index contributed by atoms with van der Waals surface area (Å²) in [5, 5.41) is 0. The fourth-order valence-corrected chi connectivity index (χ4v) is 1.72. The summed E-state index contributed by atoms with van der Waals surface area (Å²) in [6.07, 6.45) is 0.527. The molecule has 0 aliphatic carbocycles. The first-order valence-corrected chi connectivity index (χ1v) is 5.44. The summed E-state index contributed by atoms with van der Waals surface area (Å²) in [5.41, 5.74) is 4.22. The van der Waals surface area contributed by atoms with Crippen LogP contribution in [0.2, 0.25) is 0 Å². The van der Waals surface area contributed by atoms with Crippen molar-refractivity contribution in [1.82, 2.24) is 0 Å². The van der Waals surface area contributed by atoms with Gasteiger partial charge in [-0.15, -0.1) is 0 Å². The molecule has 0 saturated carbocycles. The van der Waals surface area contributed by atoms with Crippen LogP contribution in [0.3, 0.4) is 0 Å². The van der Waals surface area contributed by atoms with Crippen LogP contribution in [0, 0.1) is 19.7 Å². The lowest BCUT2D eigenvalue weighted by Crippen LogP contribution is -1.89. The number of carbonyl (C=O) groups excluding carboxylic acids is 1. The molecule has 0 aliphatic heterocycles. The number of halogens is 1. The van der Waals surface area contributed by atoms with Crippen LogP contribution >= 0.6 is 0 Å².